The molecule has 1 aromatic carbocycles. The van der Waals surface area contributed by atoms with Crippen molar-refractivity contribution in [2.45, 2.75) is 31.0 Å². The minimum Gasteiger partial charge on any atom is -0.452 e. The average Bonchev–Trinajstić information content (AvgIpc) is 2.63. The molecule has 1 saturated heterocycles. The van der Waals surface area contributed by atoms with Crippen LogP contribution in [0, 0.1) is 12.3 Å². The van der Waals surface area contributed by atoms with Crippen LogP contribution in [0.3, 0.4) is 0 Å². The lowest BCUT2D eigenvalue weighted by Gasteiger charge is -2.34. The van der Waals surface area contributed by atoms with Crippen LogP contribution in [0.25, 0.3) is 0 Å². The van der Waals surface area contributed by atoms with E-state index in [1.54, 1.807) is 13.8 Å². The Kier molecular flexibility index (Phi) is 6.96. The van der Waals surface area contributed by atoms with E-state index in [-0.39, 0.29) is 42.3 Å². The van der Waals surface area contributed by atoms with Gasteiger partial charge < -0.3 is 14.8 Å². The highest BCUT2D eigenvalue weighted by Gasteiger charge is 2.32. The number of terminal acetylenes is 1. The number of benzene rings is 1. The third-order valence-corrected chi connectivity index (χ3v) is 5.64. The molecule has 0 spiro atoms. The number of carbonyl (C=O) groups excluding carboxylic acids is 2. The maximum Gasteiger partial charge on any atom is 0.338 e. The smallest absolute Gasteiger partial charge is 0.338 e. The van der Waals surface area contributed by atoms with Gasteiger partial charge in [0.15, 0.2) is 6.61 Å². The number of carbonyl (C=O) groups is 2. The van der Waals surface area contributed by atoms with E-state index in [9.17, 15) is 18.0 Å². The zero-order valence-corrected chi connectivity index (χ0v) is 16.0. The maximum absolute atomic E-state index is 12.9. The SMILES string of the molecule is C#CCNC(=O)COC(=O)c1cccc(S(=O)(=O)N2C[C@@H](C)O[C@H](C)C2)c1. The number of amides is 1. The van der Waals surface area contributed by atoms with E-state index in [4.69, 9.17) is 15.9 Å². The highest BCUT2D eigenvalue weighted by atomic mass is 32.2. The van der Waals surface area contributed by atoms with Crippen molar-refractivity contribution in [2.24, 2.45) is 0 Å². The Labute approximate surface area is 158 Å². The van der Waals surface area contributed by atoms with E-state index in [0.717, 1.165) is 0 Å². The van der Waals surface area contributed by atoms with Gasteiger partial charge in [-0.25, -0.2) is 13.2 Å². The molecule has 1 heterocycles. The summed E-state index contributed by atoms with van der Waals surface area (Å²) in [7, 11) is -3.78. The molecule has 0 aromatic heterocycles. The third kappa shape index (κ3) is 5.53. The first kappa shape index (κ1) is 20.9. The number of rotatable bonds is 6. The molecule has 1 aliphatic heterocycles. The number of sulfonamides is 1. The minimum absolute atomic E-state index is 0.0185. The van der Waals surface area contributed by atoms with Crippen molar-refractivity contribution < 1.29 is 27.5 Å². The van der Waals surface area contributed by atoms with Gasteiger partial charge in [0.25, 0.3) is 5.91 Å². The number of nitrogens with one attached hydrogen (secondary N) is 1. The first-order valence-corrected chi connectivity index (χ1v) is 9.81. The van der Waals surface area contributed by atoms with Gasteiger partial charge in [-0.1, -0.05) is 12.0 Å². The predicted molar refractivity (Wildman–Crippen MR) is 97.3 cm³/mol. The van der Waals surface area contributed by atoms with Crippen LogP contribution in [-0.2, 0) is 24.3 Å². The summed E-state index contributed by atoms with van der Waals surface area (Å²) in [4.78, 5) is 23.5. The summed E-state index contributed by atoms with van der Waals surface area (Å²) in [5, 5.41) is 2.36. The number of ether oxygens (including phenoxy) is 2. The van der Waals surface area contributed by atoms with Gasteiger partial charge in [0, 0.05) is 13.1 Å². The normalized spacial score (nSPS) is 20.5. The van der Waals surface area contributed by atoms with Crippen LogP contribution in [0.2, 0.25) is 0 Å². The van der Waals surface area contributed by atoms with Crippen LogP contribution in [0.5, 0.6) is 0 Å². The second-order valence-corrected chi connectivity index (χ2v) is 8.10. The van der Waals surface area contributed by atoms with Crippen LogP contribution in [0.15, 0.2) is 29.2 Å². The third-order valence-electron chi connectivity index (χ3n) is 3.82. The highest BCUT2D eigenvalue weighted by Crippen LogP contribution is 2.22. The van der Waals surface area contributed by atoms with Crippen molar-refractivity contribution in [3.63, 3.8) is 0 Å². The second-order valence-electron chi connectivity index (χ2n) is 6.16. The van der Waals surface area contributed by atoms with E-state index in [1.807, 2.05) is 0 Å². The summed E-state index contributed by atoms with van der Waals surface area (Å²) in [6.45, 7) is 3.60. The summed E-state index contributed by atoms with van der Waals surface area (Å²) in [6, 6.07) is 5.53. The highest BCUT2D eigenvalue weighted by molar-refractivity contribution is 7.89. The predicted octanol–water partition coefficient (Wildman–Crippen LogP) is 0.391. The largest absolute Gasteiger partial charge is 0.452 e. The minimum atomic E-state index is -3.78. The van der Waals surface area contributed by atoms with E-state index in [1.165, 1.54) is 28.6 Å². The molecule has 0 unspecified atom stereocenters. The molecule has 27 heavy (non-hydrogen) atoms. The quantitative estimate of drug-likeness (QED) is 0.553. The summed E-state index contributed by atoms with van der Waals surface area (Å²) in [5.74, 6) is 0.887. The molecule has 2 atom stereocenters. The van der Waals surface area contributed by atoms with Crippen molar-refractivity contribution in [3.8, 4) is 12.3 Å². The Morgan fingerprint density at radius 2 is 2.00 bits per heavy atom. The molecule has 0 aliphatic carbocycles. The van der Waals surface area contributed by atoms with Crippen LogP contribution >= 0.6 is 0 Å². The number of esters is 1. The monoisotopic (exact) mass is 394 g/mol. The molecular weight excluding hydrogens is 372 g/mol. The van der Waals surface area contributed by atoms with E-state index < -0.39 is 28.5 Å². The lowest BCUT2D eigenvalue weighted by molar-refractivity contribution is -0.123. The molecule has 1 N–H and O–H groups in total. The molecule has 1 aliphatic rings. The molecule has 1 amide bonds. The van der Waals surface area contributed by atoms with Gasteiger partial charge in [-0.15, -0.1) is 6.42 Å². The molecule has 0 radical (unpaired) electrons. The first-order valence-electron chi connectivity index (χ1n) is 8.37. The summed E-state index contributed by atoms with van der Waals surface area (Å²) < 4.78 is 37.5. The number of morpholine rings is 1. The average molecular weight is 394 g/mol. The van der Waals surface area contributed by atoms with Crippen molar-refractivity contribution in [2.75, 3.05) is 26.2 Å². The van der Waals surface area contributed by atoms with E-state index >= 15 is 0 Å². The fraction of sp³-hybridized carbons (Fsp3) is 0.444. The molecule has 1 fully saturated rings. The molecule has 9 heteroatoms. The summed E-state index contributed by atoms with van der Waals surface area (Å²) in [5.41, 5.74) is 0.0372. The van der Waals surface area contributed by atoms with Crippen LogP contribution in [0.1, 0.15) is 24.2 Å². The summed E-state index contributed by atoms with van der Waals surface area (Å²) >= 11 is 0. The Morgan fingerprint density at radius 3 is 2.63 bits per heavy atom. The Balaban J connectivity index is 2.11. The van der Waals surface area contributed by atoms with Crippen molar-refractivity contribution in [3.05, 3.63) is 29.8 Å². The van der Waals surface area contributed by atoms with Gasteiger partial charge >= 0.3 is 5.97 Å². The van der Waals surface area contributed by atoms with Crippen molar-refractivity contribution in [1.82, 2.24) is 9.62 Å². The number of hydrogen-bond acceptors (Lipinski definition) is 6. The Bertz CT molecular complexity index is 836. The van der Waals surface area contributed by atoms with Gasteiger partial charge in [0.2, 0.25) is 10.0 Å². The van der Waals surface area contributed by atoms with Crippen LogP contribution in [0.4, 0.5) is 0 Å². The van der Waals surface area contributed by atoms with E-state index in [0.29, 0.717) is 0 Å². The fourth-order valence-corrected chi connectivity index (χ4v) is 4.31. The topological polar surface area (TPSA) is 102 Å². The molecule has 0 saturated carbocycles. The number of hydrogen-bond donors (Lipinski definition) is 1. The van der Waals surface area contributed by atoms with Crippen molar-refractivity contribution in [1.29, 1.82) is 0 Å². The number of nitrogens with zero attached hydrogens (tertiary/aromatic N) is 1. The van der Waals surface area contributed by atoms with Gasteiger partial charge in [-0.3, -0.25) is 4.79 Å². The molecule has 146 valence electrons. The van der Waals surface area contributed by atoms with Crippen LogP contribution in [-0.4, -0.2) is 63.0 Å². The lowest BCUT2D eigenvalue weighted by atomic mass is 10.2. The molecule has 1 aromatic rings. The zero-order chi connectivity index (χ0) is 20.0. The van der Waals surface area contributed by atoms with E-state index in [2.05, 4.69) is 11.2 Å². The second kappa shape index (κ2) is 8.99. The van der Waals surface area contributed by atoms with Gasteiger partial charge in [-0.2, -0.15) is 4.31 Å². The van der Waals surface area contributed by atoms with Crippen molar-refractivity contribution >= 4 is 21.9 Å². The van der Waals surface area contributed by atoms with Crippen LogP contribution < -0.4 is 5.32 Å². The molecule has 0 bridgehead atoms. The first-order chi connectivity index (χ1) is 12.7. The van der Waals surface area contributed by atoms with Gasteiger partial charge in [0.05, 0.1) is 29.2 Å². The maximum atomic E-state index is 12.9. The van der Waals surface area contributed by atoms with Gasteiger partial charge in [0.1, 0.15) is 0 Å². The summed E-state index contributed by atoms with van der Waals surface area (Å²) in [6.07, 6.45) is 4.57. The molecule has 2 rings (SSSR count). The zero-order valence-electron chi connectivity index (χ0n) is 15.2. The molecular formula is C18H22N2O6S. The molecule has 8 nitrogen and oxygen atoms in total. The Morgan fingerprint density at radius 1 is 1.33 bits per heavy atom. The fourth-order valence-electron chi connectivity index (χ4n) is 2.67. The van der Waals surface area contributed by atoms with Gasteiger partial charge in [-0.05, 0) is 32.0 Å². The Hall–Kier alpha value is -2.41. The standard InChI is InChI=1S/C18H22N2O6S/c1-4-8-19-17(21)12-25-18(22)15-6-5-7-16(9-15)27(23,24)20-10-13(2)26-14(3)11-20/h1,5-7,9,13-14H,8,10-12H2,2-3H3,(H,19,21)/t13-,14-/m1/s1. The lowest BCUT2D eigenvalue weighted by Crippen LogP contribution is -2.48.